The maximum atomic E-state index is 13.7. The van der Waals surface area contributed by atoms with Crippen LogP contribution < -0.4 is 5.73 Å². The fourth-order valence-corrected chi connectivity index (χ4v) is 2.95. The summed E-state index contributed by atoms with van der Waals surface area (Å²) in [7, 11) is 0. The van der Waals surface area contributed by atoms with Crippen molar-refractivity contribution < 1.29 is 4.39 Å². The minimum Gasteiger partial charge on any atom is -0.324 e. The highest BCUT2D eigenvalue weighted by Crippen LogP contribution is 2.30. The molecule has 0 saturated carbocycles. The Morgan fingerprint density at radius 3 is 2.50 bits per heavy atom. The van der Waals surface area contributed by atoms with Crippen LogP contribution in [0.1, 0.15) is 24.1 Å². The molecule has 0 aliphatic carbocycles. The molecule has 94 valence electrons. The molecule has 0 unspecified atom stereocenters. The predicted octanol–water partition coefficient (Wildman–Crippen LogP) is 4.14. The van der Waals surface area contributed by atoms with Gasteiger partial charge in [-0.25, -0.2) is 4.39 Å². The Balaban J connectivity index is 2.17. The van der Waals surface area contributed by atoms with Gasteiger partial charge in [0.2, 0.25) is 0 Å². The van der Waals surface area contributed by atoms with Crippen LogP contribution in [0.2, 0.25) is 0 Å². The van der Waals surface area contributed by atoms with Crippen LogP contribution in [0.4, 0.5) is 4.39 Å². The van der Waals surface area contributed by atoms with Crippen molar-refractivity contribution in [3.8, 4) is 0 Å². The molecule has 2 N–H and O–H groups in total. The predicted molar refractivity (Wildman–Crippen MR) is 75.0 cm³/mol. The molecule has 0 bridgehead atoms. The van der Waals surface area contributed by atoms with Gasteiger partial charge >= 0.3 is 0 Å². The molecule has 0 fully saturated rings. The second-order valence-corrected chi connectivity index (χ2v) is 5.23. The number of hydrogen-bond donors (Lipinski definition) is 1. The van der Waals surface area contributed by atoms with Crippen molar-refractivity contribution in [3.05, 3.63) is 65.5 Å². The third-order valence-corrected chi connectivity index (χ3v) is 3.85. The fourth-order valence-electron chi connectivity index (χ4n) is 1.82. The van der Waals surface area contributed by atoms with Gasteiger partial charge < -0.3 is 5.73 Å². The molecule has 2 aromatic carbocycles. The summed E-state index contributed by atoms with van der Waals surface area (Å²) in [5, 5.41) is 0. The van der Waals surface area contributed by atoms with Gasteiger partial charge in [0.05, 0.1) is 0 Å². The molecule has 1 nitrogen and oxygen atoms in total. The summed E-state index contributed by atoms with van der Waals surface area (Å²) >= 11 is 1.62. The standard InChI is InChI=1S/C15H16FNS/c1-11(17)15-13(16)8-5-9-14(15)18-10-12-6-3-2-4-7-12/h2-9,11H,10,17H2,1H3/t11-/m0/s1. The van der Waals surface area contributed by atoms with Gasteiger partial charge in [-0.15, -0.1) is 11.8 Å². The minimum absolute atomic E-state index is 0.219. The molecule has 1 atom stereocenters. The highest BCUT2D eigenvalue weighted by molar-refractivity contribution is 7.98. The van der Waals surface area contributed by atoms with E-state index in [4.69, 9.17) is 5.73 Å². The van der Waals surface area contributed by atoms with Crippen molar-refractivity contribution in [1.29, 1.82) is 0 Å². The van der Waals surface area contributed by atoms with E-state index in [0.717, 1.165) is 10.6 Å². The van der Waals surface area contributed by atoms with E-state index in [-0.39, 0.29) is 11.9 Å². The Bertz CT molecular complexity index is 511. The zero-order valence-electron chi connectivity index (χ0n) is 10.3. The van der Waals surface area contributed by atoms with E-state index in [1.54, 1.807) is 17.8 Å². The Labute approximate surface area is 111 Å². The quantitative estimate of drug-likeness (QED) is 0.837. The molecule has 2 aromatic rings. The Morgan fingerprint density at radius 1 is 1.11 bits per heavy atom. The lowest BCUT2D eigenvalue weighted by Crippen LogP contribution is -2.09. The van der Waals surface area contributed by atoms with Gasteiger partial charge in [0.1, 0.15) is 5.82 Å². The average molecular weight is 261 g/mol. The average Bonchev–Trinajstić information content (AvgIpc) is 2.37. The number of nitrogens with two attached hydrogens (primary N) is 1. The van der Waals surface area contributed by atoms with Gasteiger partial charge in [0, 0.05) is 22.3 Å². The summed E-state index contributed by atoms with van der Waals surface area (Å²) in [6.07, 6.45) is 0. The van der Waals surface area contributed by atoms with Crippen molar-refractivity contribution in [2.24, 2.45) is 5.73 Å². The van der Waals surface area contributed by atoms with E-state index < -0.39 is 0 Å². The fraction of sp³-hybridized carbons (Fsp3) is 0.200. The molecule has 18 heavy (non-hydrogen) atoms. The van der Waals surface area contributed by atoms with Crippen LogP contribution in [0.5, 0.6) is 0 Å². The molecular weight excluding hydrogens is 245 g/mol. The van der Waals surface area contributed by atoms with Crippen LogP contribution in [0, 0.1) is 5.82 Å². The summed E-state index contributed by atoms with van der Waals surface area (Å²) in [5.74, 6) is 0.604. The molecule has 0 heterocycles. The Hall–Kier alpha value is -1.32. The van der Waals surface area contributed by atoms with E-state index in [9.17, 15) is 4.39 Å². The van der Waals surface area contributed by atoms with Crippen LogP contribution in [-0.4, -0.2) is 0 Å². The second kappa shape index (κ2) is 6.03. The van der Waals surface area contributed by atoms with Crippen molar-refractivity contribution in [3.63, 3.8) is 0 Å². The van der Waals surface area contributed by atoms with Gasteiger partial charge in [0.15, 0.2) is 0 Å². The van der Waals surface area contributed by atoms with Crippen molar-refractivity contribution in [2.45, 2.75) is 23.6 Å². The van der Waals surface area contributed by atoms with Gasteiger partial charge in [-0.2, -0.15) is 0 Å². The second-order valence-electron chi connectivity index (χ2n) is 4.21. The monoisotopic (exact) mass is 261 g/mol. The lowest BCUT2D eigenvalue weighted by molar-refractivity contribution is 0.585. The Kier molecular flexibility index (Phi) is 4.39. The number of hydrogen-bond acceptors (Lipinski definition) is 2. The van der Waals surface area contributed by atoms with Gasteiger partial charge in [-0.05, 0) is 24.6 Å². The molecule has 0 aliphatic rings. The minimum atomic E-state index is -0.288. The van der Waals surface area contributed by atoms with Crippen LogP contribution in [-0.2, 0) is 5.75 Å². The molecule has 0 saturated heterocycles. The van der Waals surface area contributed by atoms with E-state index in [1.165, 1.54) is 11.6 Å². The summed E-state index contributed by atoms with van der Waals surface area (Å²) in [5.41, 5.74) is 7.67. The van der Waals surface area contributed by atoms with Crippen LogP contribution in [0.3, 0.4) is 0 Å². The number of halogens is 1. The van der Waals surface area contributed by atoms with Crippen molar-refractivity contribution in [1.82, 2.24) is 0 Å². The lowest BCUT2D eigenvalue weighted by atomic mass is 10.1. The molecule has 0 aliphatic heterocycles. The third kappa shape index (κ3) is 3.12. The van der Waals surface area contributed by atoms with Gasteiger partial charge in [0.25, 0.3) is 0 Å². The lowest BCUT2D eigenvalue weighted by Gasteiger charge is -2.13. The summed E-state index contributed by atoms with van der Waals surface area (Å²) in [6.45, 7) is 1.81. The molecule has 0 spiro atoms. The van der Waals surface area contributed by atoms with E-state index in [0.29, 0.717) is 5.56 Å². The smallest absolute Gasteiger partial charge is 0.129 e. The van der Waals surface area contributed by atoms with E-state index in [1.807, 2.05) is 31.2 Å². The number of benzene rings is 2. The first-order valence-electron chi connectivity index (χ1n) is 5.89. The van der Waals surface area contributed by atoms with E-state index >= 15 is 0 Å². The Morgan fingerprint density at radius 2 is 1.83 bits per heavy atom. The number of rotatable bonds is 4. The van der Waals surface area contributed by atoms with Gasteiger partial charge in [-0.3, -0.25) is 0 Å². The first-order chi connectivity index (χ1) is 8.68. The molecule has 2 rings (SSSR count). The molecule has 0 aromatic heterocycles. The molecular formula is C15H16FNS. The van der Waals surface area contributed by atoms with Crippen molar-refractivity contribution in [2.75, 3.05) is 0 Å². The molecule has 0 radical (unpaired) electrons. The summed E-state index contributed by atoms with van der Waals surface area (Å²) < 4.78 is 13.7. The molecule has 0 amide bonds. The largest absolute Gasteiger partial charge is 0.324 e. The van der Waals surface area contributed by atoms with Crippen LogP contribution in [0.15, 0.2) is 53.4 Å². The van der Waals surface area contributed by atoms with E-state index in [2.05, 4.69) is 12.1 Å². The SMILES string of the molecule is C[C@H](N)c1c(F)cccc1SCc1ccccc1. The maximum Gasteiger partial charge on any atom is 0.129 e. The van der Waals surface area contributed by atoms with Gasteiger partial charge in [-0.1, -0.05) is 36.4 Å². The maximum absolute atomic E-state index is 13.7. The normalized spacial score (nSPS) is 12.4. The highest BCUT2D eigenvalue weighted by atomic mass is 32.2. The summed E-state index contributed by atoms with van der Waals surface area (Å²) in [4.78, 5) is 0.925. The first-order valence-corrected chi connectivity index (χ1v) is 6.87. The highest BCUT2D eigenvalue weighted by Gasteiger charge is 2.12. The number of thioether (sulfide) groups is 1. The van der Waals surface area contributed by atoms with Crippen LogP contribution in [0.25, 0.3) is 0 Å². The third-order valence-electron chi connectivity index (χ3n) is 2.71. The summed E-state index contributed by atoms with van der Waals surface area (Å²) in [6, 6.07) is 15.0. The molecule has 3 heteroatoms. The topological polar surface area (TPSA) is 26.0 Å². The first kappa shape index (κ1) is 13.1. The zero-order chi connectivity index (χ0) is 13.0. The zero-order valence-corrected chi connectivity index (χ0v) is 11.1. The van der Waals surface area contributed by atoms with Crippen molar-refractivity contribution >= 4 is 11.8 Å². The van der Waals surface area contributed by atoms with Crippen LogP contribution >= 0.6 is 11.8 Å².